The number of carbonyl (C=O) groups is 1. The number of nitrogens with zero attached hydrogens (tertiary/aromatic N) is 1. The molecule has 0 N–H and O–H groups in total. The van der Waals surface area contributed by atoms with Crippen LogP contribution in [-0.4, -0.2) is 105 Å². The van der Waals surface area contributed by atoms with Gasteiger partial charge in [0.2, 0.25) is 0 Å². The number of hydrogen-bond donors (Lipinski definition) is 0. The molecule has 0 spiro atoms. The van der Waals surface area contributed by atoms with Crippen molar-refractivity contribution in [2.75, 3.05) is 13.7 Å². The van der Waals surface area contributed by atoms with Gasteiger partial charge in [-0.25, -0.2) is 0 Å². The predicted octanol–water partition coefficient (Wildman–Crippen LogP) is 4.90. The third kappa shape index (κ3) is 7.03. The normalized spacial score (nSPS) is 38.9. The second-order valence-corrected chi connectivity index (χ2v) is 21.3. The summed E-state index contributed by atoms with van der Waals surface area (Å²) in [5.41, 5.74) is 0.998. The molecule has 10 atom stereocenters. The first-order valence-electron chi connectivity index (χ1n) is 17.1. The average Bonchev–Trinajstić information content (AvgIpc) is 3.69. The van der Waals surface area contributed by atoms with Crippen LogP contribution in [0, 0.1) is 5.92 Å². The third-order valence-corrected chi connectivity index (χ3v) is 15.0. The number of fused-ring (bicyclic) bond motifs is 3. The highest BCUT2D eigenvalue weighted by atomic mass is 28.4. The molecule has 5 heterocycles. The highest BCUT2D eigenvalue weighted by Gasteiger charge is 2.67. The van der Waals surface area contributed by atoms with Crippen LogP contribution in [0.3, 0.4) is 0 Å². The molecule has 5 aliphatic heterocycles. The summed E-state index contributed by atoms with van der Waals surface area (Å²) < 4.78 is 57.4. The van der Waals surface area contributed by atoms with Crippen LogP contribution in [0.4, 0.5) is 0 Å². The Labute approximate surface area is 286 Å². The molecule has 48 heavy (non-hydrogen) atoms. The van der Waals surface area contributed by atoms with Crippen molar-refractivity contribution < 1.29 is 52.0 Å². The number of carbonyl (C=O) groups excluding carboxylic acids is 1. The number of esters is 1. The van der Waals surface area contributed by atoms with Gasteiger partial charge in [-0.05, 0) is 65.2 Å². The summed E-state index contributed by atoms with van der Waals surface area (Å²) in [5.74, 6) is -4.08. The predicted molar refractivity (Wildman–Crippen MR) is 176 cm³/mol. The van der Waals surface area contributed by atoms with Gasteiger partial charge in [0, 0.05) is 6.54 Å². The Hall–Kier alpha value is -1.49. The van der Waals surface area contributed by atoms with Gasteiger partial charge in [0.15, 0.2) is 32.0 Å². The SMILES string of the molecule is COC(=O)[C@H]1[C@@H]([C@H]2O[C@@H]3OC(C)(C)O[C@@H]3[C@H]3OC(C)(C)O[C@@H]23)ON(Cc2ccccc2)[C@H]1[C@H]1OC(C)(C)O[C@H]1CO[Si](C)(C)C(C)(C)C. The van der Waals surface area contributed by atoms with Crippen LogP contribution in [0.1, 0.15) is 67.9 Å². The molecule has 0 amide bonds. The lowest BCUT2D eigenvalue weighted by molar-refractivity contribution is -0.280. The fraction of sp³-hybridized carbons (Fsp3) is 0.800. The average molecular weight is 694 g/mol. The minimum Gasteiger partial charge on any atom is -0.469 e. The monoisotopic (exact) mass is 693 g/mol. The molecule has 0 saturated carbocycles. The van der Waals surface area contributed by atoms with Crippen LogP contribution in [0.25, 0.3) is 0 Å². The standard InChI is InChI=1S/C35H55NO11Si/c1-32(2,3)48(11,12)39-19-21-24(42-33(4,5)41-21)23-22(30(37)38-10)25(47-36(23)18-20-16-14-13-15-17-20)26-27-28(44-34(6,7)43-27)29-31(40-26)46-35(8,9)45-29/h13-17,21-29,31H,18-19H2,1-12H3/t21-,22+,23+,24-,25-,26+,27-,28-,29+,31+/m0/s1. The van der Waals surface area contributed by atoms with Gasteiger partial charge in [-0.1, -0.05) is 51.1 Å². The van der Waals surface area contributed by atoms with Gasteiger partial charge in [0.05, 0.1) is 19.8 Å². The molecule has 270 valence electrons. The Morgan fingerprint density at radius 3 is 1.98 bits per heavy atom. The van der Waals surface area contributed by atoms with E-state index in [2.05, 4.69) is 33.9 Å². The number of hydrogen-bond acceptors (Lipinski definition) is 12. The number of rotatable bonds is 8. The molecule has 5 aliphatic rings. The first-order valence-corrected chi connectivity index (χ1v) is 20.0. The molecule has 1 aromatic carbocycles. The van der Waals surface area contributed by atoms with Crippen molar-refractivity contribution in [3.63, 3.8) is 0 Å². The van der Waals surface area contributed by atoms with Gasteiger partial charge in [0.25, 0.3) is 0 Å². The lowest BCUT2D eigenvalue weighted by Crippen LogP contribution is -2.60. The third-order valence-electron chi connectivity index (χ3n) is 10.5. The summed E-state index contributed by atoms with van der Waals surface area (Å²) in [6, 6.07) is 9.33. The van der Waals surface area contributed by atoms with Gasteiger partial charge < -0.3 is 42.3 Å². The quantitative estimate of drug-likeness (QED) is 0.273. The number of methoxy groups -OCH3 is 1. The van der Waals surface area contributed by atoms with E-state index < -0.39 is 92.6 Å². The van der Waals surface area contributed by atoms with Crippen molar-refractivity contribution in [1.29, 1.82) is 0 Å². The zero-order chi connectivity index (χ0) is 35.0. The van der Waals surface area contributed by atoms with Crippen LogP contribution in [0.5, 0.6) is 0 Å². The summed E-state index contributed by atoms with van der Waals surface area (Å²) in [5, 5.41) is 1.83. The molecule has 0 unspecified atom stereocenters. The van der Waals surface area contributed by atoms with Crippen molar-refractivity contribution in [3.8, 4) is 0 Å². The molecule has 0 aliphatic carbocycles. The van der Waals surface area contributed by atoms with Crippen molar-refractivity contribution >= 4 is 14.3 Å². The summed E-state index contributed by atoms with van der Waals surface area (Å²) in [4.78, 5) is 20.9. The minimum absolute atomic E-state index is 0.00260. The summed E-state index contributed by atoms with van der Waals surface area (Å²) in [6.45, 7) is 22.9. The van der Waals surface area contributed by atoms with Crippen molar-refractivity contribution in [3.05, 3.63) is 35.9 Å². The second-order valence-electron chi connectivity index (χ2n) is 16.5. The van der Waals surface area contributed by atoms with E-state index in [1.165, 1.54) is 7.11 Å². The van der Waals surface area contributed by atoms with Crippen LogP contribution < -0.4 is 0 Å². The fourth-order valence-corrected chi connectivity index (χ4v) is 8.32. The Morgan fingerprint density at radius 2 is 1.35 bits per heavy atom. The molecule has 6 rings (SSSR count). The highest BCUT2D eigenvalue weighted by molar-refractivity contribution is 6.74. The van der Waals surface area contributed by atoms with Crippen LogP contribution in [-0.2, 0) is 58.5 Å². The van der Waals surface area contributed by atoms with Gasteiger partial charge >= 0.3 is 5.97 Å². The summed E-state index contributed by atoms with van der Waals surface area (Å²) in [6.07, 6.45) is -5.17. The van der Waals surface area contributed by atoms with E-state index >= 15 is 0 Å². The molecule has 13 heteroatoms. The Balaban J connectivity index is 1.39. The first-order chi connectivity index (χ1) is 22.2. The number of benzene rings is 1. The van der Waals surface area contributed by atoms with Gasteiger partial charge in [0.1, 0.15) is 48.6 Å². The molecule has 5 fully saturated rings. The van der Waals surface area contributed by atoms with E-state index in [1.54, 1.807) is 0 Å². The molecular formula is C35H55NO11Si. The maximum Gasteiger partial charge on any atom is 0.313 e. The Bertz CT molecular complexity index is 1320. The van der Waals surface area contributed by atoms with Gasteiger partial charge in [-0.3, -0.25) is 9.63 Å². The Kier molecular flexibility index (Phi) is 9.55. The molecule has 5 saturated heterocycles. The summed E-state index contributed by atoms with van der Waals surface area (Å²) >= 11 is 0. The molecule has 0 bridgehead atoms. The van der Waals surface area contributed by atoms with Crippen molar-refractivity contribution in [2.24, 2.45) is 5.92 Å². The molecule has 1 aromatic rings. The van der Waals surface area contributed by atoms with E-state index in [1.807, 2.05) is 76.9 Å². The first kappa shape index (κ1) is 36.3. The zero-order valence-corrected chi connectivity index (χ0v) is 31.5. The largest absolute Gasteiger partial charge is 0.469 e. The number of ether oxygens (including phenoxy) is 8. The lowest BCUT2D eigenvalue weighted by atomic mass is 9.83. The topological polar surface area (TPSA) is 113 Å². The van der Waals surface area contributed by atoms with Crippen LogP contribution >= 0.6 is 0 Å². The van der Waals surface area contributed by atoms with E-state index in [0.717, 1.165) is 5.56 Å². The molecular weight excluding hydrogens is 638 g/mol. The minimum atomic E-state index is -2.15. The van der Waals surface area contributed by atoms with Crippen molar-refractivity contribution in [1.82, 2.24) is 5.06 Å². The zero-order valence-electron chi connectivity index (χ0n) is 30.5. The fourth-order valence-electron chi connectivity index (χ4n) is 7.31. The van der Waals surface area contributed by atoms with Crippen LogP contribution in [0.2, 0.25) is 18.1 Å². The maximum atomic E-state index is 14.1. The van der Waals surface area contributed by atoms with E-state index in [0.29, 0.717) is 13.2 Å². The molecule has 0 aromatic heterocycles. The lowest BCUT2D eigenvalue weighted by Gasteiger charge is -2.40. The van der Waals surface area contributed by atoms with Crippen LogP contribution in [0.15, 0.2) is 30.3 Å². The Morgan fingerprint density at radius 1 is 0.792 bits per heavy atom. The second kappa shape index (κ2) is 12.6. The van der Waals surface area contributed by atoms with Gasteiger partial charge in [-0.2, -0.15) is 5.06 Å². The van der Waals surface area contributed by atoms with Crippen molar-refractivity contribution in [2.45, 2.75) is 159 Å². The van der Waals surface area contributed by atoms with Gasteiger partial charge in [-0.15, -0.1) is 0 Å². The molecule has 0 radical (unpaired) electrons. The highest BCUT2D eigenvalue weighted by Crippen LogP contribution is 2.49. The summed E-state index contributed by atoms with van der Waals surface area (Å²) in [7, 11) is -0.765. The van der Waals surface area contributed by atoms with E-state index in [9.17, 15) is 4.79 Å². The smallest absolute Gasteiger partial charge is 0.313 e. The maximum absolute atomic E-state index is 14.1. The number of hydroxylamine groups is 2. The van der Waals surface area contributed by atoms with E-state index in [-0.39, 0.29) is 5.04 Å². The van der Waals surface area contributed by atoms with E-state index in [4.69, 9.17) is 47.2 Å². The molecule has 12 nitrogen and oxygen atoms in total.